The number of esters is 1. The molecule has 0 aliphatic rings. The fraction of sp³-hybridized carbons (Fsp3) is 0.488. The van der Waals surface area contributed by atoms with Crippen LogP contribution in [0.3, 0.4) is 0 Å². The van der Waals surface area contributed by atoms with Crippen LogP contribution in [-0.4, -0.2) is 110 Å². The van der Waals surface area contributed by atoms with Crippen LogP contribution in [0.5, 0.6) is 17.2 Å². The Morgan fingerprint density at radius 1 is 0.556 bits per heavy atom. The van der Waals surface area contributed by atoms with Gasteiger partial charge in [0.05, 0.1) is 0 Å². The Morgan fingerprint density at radius 3 is 1.38 bits per heavy atom. The molecule has 0 bridgehead atoms. The number of nitrogens with one attached hydrogen (secondary N) is 1. The minimum atomic E-state index is -2.10. The molecular weight excluding hydrogens is 869 g/mol. The van der Waals surface area contributed by atoms with E-state index < -0.39 is 50.4 Å². The summed E-state index contributed by atoms with van der Waals surface area (Å²) in [6.45, 7) is 11.2. The van der Waals surface area contributed by atoms with Crippen LogP contribution in [0.15, 0.2) is 91.0 Å². The molecule has 0 aliphatic heterocycles. The van der Waals surface area contributed by atoms with Gasteiger partial charge in [0.2, 0.25) is 13.6 Å². The van der Waals surface area contributed by atoms with Crippen molar-refractivity contribution in [2.45, 2.75) is 83.0 Å². The Bertz CT molecular complexity index is 1580. The van der Waals surface area contributed by atoms with Crippen LogP contribution in [0, 0.1) is 0 Å². The van der Waals surface area contributed by atoms with Crippen molar-refractivity contribution in [3.05, 3.63) is 91.0 Å². The molecule has 0 saturated heterocycles. The molecule has 0 saturated carbocycles. The second kappa shape index (κ2) is 34.6. The Labute approximate surface area is 376 Å². The first-order chi connectivity index (χ1) is 29.9. The van der Waals surface area contributed by atoms with Gasteiger partial charge in [-0.2, -0.15) is 0 Å². The van der Waals surface area contributed by atoms with E-state index in [0.29, 0.717) is 30.2 Å². The molecule has 354 valence electrons. The summed E-state index contributed by atoms with van der Waals surface area (Å²) in [6.07, 6.45) is 1.40. The zero-order valence-electron chi connectivity index (χ0n) is 38.4. The van der Waals surface area contributed by atoms with Crippen LogP contribution in [0.2, 0.25) is 50.9 Å². The summed E-state index contributed by atoms with van der Waals surface area (Å²) in [5.74, 6) is 0.650. The highest BCUT2D eigenvalue weighted by atomic mass is 28.4. The highest BCUT2D eigenvalue weighted by molar-refractivity contribution is 6.76. The van der Waals surface area contributed by atoms with E-state index in [-0.39, 0.29) is 12.8 Å². The van der Waals surface area contributed by atoms with Crippen molar-refractivity contribution in [1.29, 1.82) is 0 Å². The molecule has 0 aliphatic carbocycles. The number of benzene rings is 3. The molecule has 0 fully saturated rings. The molecule has 0 aromatic heterocycles. The lowest BCUT2D eigenvalue weighted by atomic mass is 10.2. The summed E-state index contributed by atoms with van der Waals surface area (Å²) in [5.41, 5.74) is 5.36. The Kier molecular flexibility index (Phi) is 32.0. The van der Waals surface area contributed by atoms with Crippen molar-refractivity contribution >= 4 is 49.6 Å². The number of carbonyl (C=O) groups excluding carboxylic acids is 4. The summed E-state index contributed by atoms with van der Waals surface area (Å²) < 4.78 is 49.7. The van der Waals surface area contributed by atoms with E-state index in [1.165, 1.54) is 6.04 Å². The third-order valence-electron chi connectivity index (χ3n) is 8.61. The fourth-order valence-corrected chi connectivity index (χ4v) is 8.70. The van der Waals surface area contributed by atoms with Crippen molar-refractivity contribution in [1.82, 2.24) is 5.32 Å². The lowest BCUT2D eigenvalue weighted by molar-refractivity contribution is -0.151. The minimum absolute atomic E-state index is 0.322. The largest absolute Gasteiger partial charge is 0.516 e. The first-order valence-corrected chi connectivity index (χ1v) is 29.2. The predicted octanol–water partition coefficient (Wildman–Crippen LogP) is 8.94. The maximum Gasteiger partial charge on any atom is 0.516 e. The van der Waals surface area contributed by atoms with Crippen LogP contribution >= 0.6 is 0 Å². The van der Waals surface area contributed by atoms with Crippen LogP contribution in [0.4, 0.5) is 14.4 Å². The third kappa shape index (κ3) is 33.4. The Balaban J connectivity index is 0.000000899. The molecule has 0 atom stereocenters. The second-order valence-electron chi connectivity index (χ2n) is 14.9. The number of para-hydroxylation sites is 3. The van der Waals surface area contributed by atoms with Crippen LogP contribution in [0.1, 0.15) is 32.1 Å². The molecule has 0 radical (unpaired) electrons. The molecule has 3 aromatic carbocycles. The van der Waals surface area contributed by atoms with E-state index in [1.54, 1.807) is 113 Å². The number of unbranched alkanes of at least 4 members (excludes halogenated alkanes) is 1. The molecule has 4 N–H and O–H groups in total. The van der Waals surface area contributed by atoms with Crippen molar-refractivity contribution in [3.63, 3.8) is 0 Å². The molecule has 1 amide bonds. The highest BCUT2D eigenvalue weighted by Crippen LogP contribution is 2.16. The SMILES string of the molecule is CO[Si](C)(CCCN)OC.CO[Si](C)(CCCNC(=O)OCOC(=O)CCCC[Si](C)(C)C)OC.O=C(OCOC(=O)Oc1ccccc1)Oc1ccccc1.Oc1ccccc1. The lowest BCUT2D eigenvalue weighted by Gasteiger charge is -2.22. The van der Waals surface area contributed by atoms with Gasteiger partial charge in [-0.3, -0.25) is 4.79 Å². The normalized spacial score (nSPS) is 10.8. The molecule has 3 aromatic rings. The van der Waals surface area contributed by atoms with Crippen molar-refractivity contribution in [2.24, 2.45) is 5.73 Å². The monoisotopic (exact) mass is 938 g/mol. The summed E-state index contributed by atoms with van der Waals surface area (Å²) in [5, 5.41) is 11.2. The zero-order chi connectivity index (χ0) is 47.4. The summed E-state index contributed by atoms with van der Waals surface area (Å²) in [7, 11) is 1.73. The number of hydrogen-bond donors (Lipinski definition) is 3. The number of carbonyl (C=O) groups is 4. The topological polar surface area (TPSA) is 219 Å². The number of alkyl carbamates (subject to hydrolysis) is 1. The average molecular weight is 939 g/mol. The van der Waals surface area contributed by atoms with Gasteiger partial charge in [0.1, 0.15) is 17.2 Å². The van der Waals surface area contributed by atoms with E-state index in [4.69, 9.17) is 47.5 Å². The maximum atomic E-state index is 11.5. The van der Waals surface area contributed by atoms with Gasteiger partial charge in [-0.25, -0.2) is 14.4 Å². The van der Waals surface area contributed by atoms with Gasteiger partial charge in [-0.1, -0.05) is 86.7 Å². The molecule has 17 nitrogen and oxygen atoms in total. The molecule has 0 unspecified atom stereocenters. The molecule has 3 rings (SSSR count). The van der Waals surface area contributed by atoms with Gasteiger partial charge in [0.25, 0.3) is 0 Å². The van der Waals surface area contributed by atoms with E-state index in [0.717, 1.165) is 44.3 Å². The number of hydrogen-bond acceptors (Lipinski definition) is 16. The first kappa shape index (κ1) is 58.2. The molecule has 63 heavy (non-hydrogen) atoms. The van der Waals surface area contributed by atoms with E-state index in [9.17, 15) is 19.2 Å². The number of ether oxygens (including phenoxy) is 6. The fourth-order valence-electron chi connectivity index (χ4n) is 4.58. The second-order valence-corrected chi connectivity index (χ2v) is 27.7. The van der Waals surface area contributed by atoms with Gasteiger partial charge in [-0.15, -0.1) is 0 Å². The number of amides is 1. The number of nitrogens with two attached hydrogens (primary N) is 1. The lowest BCUT2D eigenvalue weighted by Crippen LogP contribution is -2.37. The smallest absolute Gasteiger partial charge is 0.508 e. The molecular formula is C43H70N2O15Si3. The van der Waals surface area contributed by atoms with E-state index >= 15 is 0 Å². The van der Waals surface area contributed by atoms with E-state index in [1.807, 2.05) is 19.2 Å². The Hall–Kier alpha value is -4.81. The molecule has 20 heteroatoms. The molecule has 0 heterocycles. The number of aromatic hydroxyl groups is 1. The van der Waals surface area contributed by atoms with Crippen LogP contribution in [0.25, 0.3) is 0 Å². The van der Waals surface area contributed by atoms with Gasteiger partial charge in [-0.05, 0) is 87.4 Å². The number of rotatable bonds is 22. The van der Waals surface area contributed by atoms with Gasteiger partial charge < -0.3 is 62.3 Å². The van der Waals surface area contributed by atoms with Gasteiger partial charge in [0.15, 0.2) is 0 Å². The zero-order valence-corrected chi connectivity index (χ0v) is 41.4. The quantitative estimate of drug-likeness (QED) is 0.0281. The maximum absolute atomic E-state index is 11.5. The average Bonchev–Trinajstić information content (AvgIpc) is 3.27. The predicted molar refractivity (Wildman–Crippen MR) is 247 cm³/mol. The van der Waals surface area contributed by atoms with Crippen LogP contribution < -0.4 is 20.5 Å². The molecule has 0 spiro atoms. The van der Waals surface area contributed by atoms with Crippen LogP contribution in [-0.2, 0) is 41.4 Å². The van der Waals surface area contributed by atoms with E-state index in [2.05, 4.69) is 34.4 Å². The Morgan fingerprint density at radius 2 is 0.984 bits per heavy atom. The third-order valence-corrected chi connectivity index (χ3v) is 16.4. The summed E-state index contributed by atoms with van der Waals surface area (Å²) in [4.78, 5) is 45.6. The number of phenolic OH excluding ortho intramolecular Hbond substituents is 1. The standard InChI is InChI=1S/C16H35NO6Si2.C15H12O6.C6H17NO2Si.C6H6O/c1-20-25(6,21-2)13-9-11-17-16(19)23-14-22-15(18)10-7-8-12-24(3,4)5;16-14(20-12-7-3-1-4-8-12)18-11-19-15(17)21-13-9-5-2-6-10-13;1-8-10(3,9-2)6-4-5-7;7-6-4-2-1-3-5-6/h7-14H2,1-6H3,(H,17,19);1-10H,11H2;4-7H2,1-3H3;1-5,7H. The summed E-state index contributed by atoms with van der Waals surface area (Å²) in [6, 6.07) is 28.4. The first-order valence-electron chi connectivity index (χ1n) is 20.4. The van der Waals surface area contributed by atoms with Gasteiger partial charge in [0, 0.05) is 49.5 Å². The number of phenols is 1. The highest BCUT2D eigenvalue weighted by Gasteiger charge is 2.28. The summed E-state index contributed by atoms with van der Waals surface area (Å²) >= 11 is 0. The van der Waals surface area contributed by atoms with Crippen molar-refractivity contribution < 1.29 is 70.4 Å². The van der Waals surface area contributed by atoms with Crippen molar-refractivity contribution in [3.8, 4) is 17.2 Å². The van der Waals surface area contributed by atoms with Gasteiger partial charge >= 0.3 is 41.5 Å². The minimum Gasteiger partial charge on any atom is -0.508 e. The van der Waals surface area contributed by atoms with Crippen molar-refractivity contribution in [2.75, 3.05) is 55.1 Å².